The second-order valence-electron chi connectivity index (χ2n) is 6.43. The summed E-state index contributed by atoms with van der Waals surface area (Å²) in [6.07, 6.45) is 0.710. The highest BCUT2D eigenvalue weighted by molar-refractivity contribution is 5.86. The molecule has 2 rings (SSSR count). The molecule has 1 fully saturated rings. The largest absolute Gasteiger partial charge is 0.464 e. The lowest BCUT2D eigenvalue weighted by Gasteiger charge is -2.22. The van der Waals surface area contributed by atoms with Gasteiger partial charge in [0.25, 0.3) is 0 Å². The first-order valence-electron chi connectivity index (χ1n) is 7.48. The molecule has 1 aliphatic heterocycles. The topological polar surface area (TPSA) is 93.7 Å². The van der Waals surface area contributed by atoms with Crippen LogP contribution >= 0.6 is 0 Å². The van der Waals surface area contributed by atoms with Crippen molar-refractivity contribution in [3.63, 3.8) is 0 Å². The molecule has 0 bridgehead atoms. The smallest absolute Gasteiger partial charge is 0.408 e. The highest BCUT2D eigenvalue weighted by atomic mass is 19.1. The first-order chi connectivity index (χ1) is 11.2. The van der Waals surface area contributed by atoms with Crippen molar-refractivity contribution >= 4 is 17.9 Å². The fraction of sp³-hybridized carbons (Fsp3) is 0.600. The number of esters is 1. The number of amides is 1. The van der Waals surface area contributed by atoms with E-state index >= 15 is 0 Å². The summed E-state index contributed by atoms with van der Waals surface area (Å²) in [4.78, 5) is 32.8. The average Bonchev–Trinajstić information content (AvgIpc) is 2.85. The van der Waals surface area contributed by atoms with E-state index in [1.165, 1.54) is 19.5 Å². The number of halogens is 1. The third kappa shape index (κ3) is 4.53. The van der Waals surface area contributed by atoms with Crippen molar-refractivity contribution < 1.29 is 23.5 Å². The number of nitrogens with zero attached hydrogens (tertiary/aromatic N) is 3. The molecule has 132 valence electrons. The van der Waals surface area contributed by atoms with Gasteiger partial charge < -0.3 is 19.7 Å². The van der Waals surface area contributed by atoms with Crippen LogP contribution < -0.4 is 10.2 Å². The van der Waals surface area contributed by atoms with E-state index in [0.717, 1.165) is 0 Å². The molecule has 1 aromatic heterocycles. The number of methoxy groups -OCH3 is 1. The maximum atomic E-state index is 14.1. The molecule has 2 atom stereocenters. The molecule has 0 radical (unpaired) electrons. The second kappa shape index (κ2) is 6.98. The number of ether oxygens (including phenoxy) is 2. The van der Waals surface area contributed by atoms with Gasteiger partial charge >= 0.3 is 12.1 Å². The maximum absolute atomic E-state index is 14.1. The van der Waals surface area contributed by atoms with Gasteiger partial charge in [-0.15, -0.1) is 0 Å². The number of alkyl carbamates (subject to hydrolysis) is 1. The average molecular weight is 340 g/mol. The molecular formula is C15H21FN4O4. The molecule has 0 spiro atoms. The van der Waals surface area contributed by atoms with Crippen molar-refractivity contribution in [3.05, 3.63) is 18.1 Å². The van der Waals surface area contributed by atoms with Gasteiger partial charge in [-0.1, -0.05) is 0 Å². The minimum absolute atomic E-state index is 0.0622. The fourth-order valence-electron chi connectivity index (χ4n) is 2.24. The van der Waals surface area contributed by atoms with E-state index in [9.17, 15) is 14.0 Å². The highest BCUT2D eigenvalue weighted by Crippen LogP contribution is 2.20. The quantitative estimate of drug-likeness (QED) is 0.829. The van der Waals surface area contributed by atoms with E-state index in [4.69, 9.17) is 4.74 Å². The molecule has 2 unspecified atom stereocenters. The minimum atomic E-state index is -1.26. The summed E-state index contributed by atoms with van der Waals surface area (Å²) in [6.45, 7) is 5.50. The summed E-state index contributed by atoms with van der Waals surface area (Å²) in [5.74, 6) is -0.179. The third-order valence-electron chi connectivity index (χ3n) is 3.31. The van der Waals surface area contributed by atoms with Crippen LogP contribution in [0.4, 0.5) is 15.0 Å². The molecule has 9 heteroatoms. The van der Waals surface area contributed by atoms with Crippen LogP contribution in [0, 0.1) is 0 Å². The van der Waals surface area contributed by atoms with E-state index in [0.29, 0.717) is 5.82 Å². The van der Waals surface area contributed by atoms with Gasteiger partial charge in [0.2, 0.25) is 0 Å². The third-order valence-corrected chi connectivity index (χ3v) is 3.31. The van der Waals surface area contributed by atoms with Gasteiger partial charge in [-0.2, -0.15) is 0 Å². The Morgan fingerprint density at radius 2 is 2.00 bits per heavy atom. The van der Waals surface area contributed by atoms with Crippen LogP contribution in [0.15, 0.2) is 12.4 Å². The molecule has 1 amide bonds. The van der Waals surface area contributed by atoms with Gasteiger partial charge in [0, 0.05) is 6.54 Å². The Kier molecular flexibility index (Phi) is 5.20. The Hall–Kier alpha value is -2.45. The summed E-state index contributed by atoms with van der Waals surface area (Å²) >= 11 is 0. The van der Waals surface area contributed by atoms with Crippen LogP contribution in [0.1, 0.15) is 31.3 Å². The zero-order valence-corrected chi connectivity index (χ0v) is 14.1. The van der Waals surface area contributed by atoms with Crippen molar-refractivity contribution in [1.29, 1.82) is 0 Å². The first kappa shape index (κ1) is 17.9. The number of hydrogen-bond donors (Lipinski definition) is 1. The van der Waals surface area contributed by atoms with E-state index in [-0.39, 0.29) is 18.8 Å². The van der Waals surface area contributed by atoms with Crippen LogP contribution in [-0.4, -0.2) is 60.0 Å². The molecule has 1 aliphatic rings. The molecule has 1 saturated heterocycles. The number of anilines is 1. The standard InChI is InChI=1S/C15H21FN4O4/c1-15(2,3)24-14(22)19-11-8-20(7-9(11)16)12-6-17-10(5-18-12)13(21)23-4/h5-6,9,11H,7-8H2,1-4H3,(H,19,22). The van der Waals surface area contributed by atoms with E-state index in [1.807, 2.05) is 0 Å². The van der Waals surface area contributed by atoms with Crippen LogP contribution in [0.25, 0.3) is 0 Å². The van der Waals surface area contributed by atoms with Crippen LogP contribution in [0.3, 0.4) is 0 Å². The van der Waals surface area contributed by atoms with E-state index in [1.54, 1.807) is 25.7 Å². The molecule has 0 saturated carbocycles. The molecule has 2 heterocycles. The Bertz CT molecular complexity index is 602. The number of nitrogens with one attached hydrogen (secondary N) is 1. The van der Waals surface area contributed by atoms with Gasteiger partial charge in [-0.3, -0.25) is 0 Å². The SMILES string of the molecule is COC(=O)c1cnc(N2CC(F)C(NC(=O)OC(C)(C)C)C2)cn1. The Labute approximate surface area is 139 Å². The monoisotopic (exact) mass is 340 g/mol. The summed E-state index contributed by atoms with van der Waals surface area (Å²) in [6, 6.07) is -0.707. The van der Waals surface area contributed by atoms with Gasteiger partial charge in [0.05, 0.1) is 32.1 Å². The summed E-state index contributed by atoms with van der Waals surface area (Å²) < 4.78 is 23.8. The second-order valence-corrected chi connectivity index (χ2v) is 6.43. The fourth-order valence-corrected chi connectivity index (χ4v) is 2.24. The van der Waals surface area contributed by atoms with Crippen molar-refractivity contribution in [2.45, 2.75) is 38.6 Å². The summed E-state index contributed by atoms with van der Waals surface area (Å²) in [5.41, 5.74) is -0.579. The lowest BCUT2D eigenvalue weighted by atomic mass is 10.2. The summed E-state index contributed by atoms with van der Waals surface area (Å²) in [5, 5.41) is 2.52. The lowest BCUT2D eigenvalue weighted by molar-refractivity contribution is 0.0489. The lowest BCUT2D eigenvalue weighted by Crippen LogP contribution is -2.44. The molecule has 24 heavy (non-hydrogen) atoms. The van der Waals surface area contributed by atoms with Gasteiger partial charge in [0.1, 0.15) is 17.6 Å². The molecular weight excluding hydrogens is 319 g/mol. The Balaban J connectivity index is 1.97. The number of carbonyl (C=O) groups is 2. The van der Waals surface area contributed by atoms with E-state index in [2.05, 4.69) is 20.0 Å². The predicted molar refractivity (Wildman–Crippen MR) is 83.6 cm³/mol. The highest BCUT2D eigenvalue weighted by Gasteiger charge is 2.35. The predicted octanol–water partition coefficient (Wildman–Crippen LogP) is 1.31. The zero-order valence-electron chi connectivity index (χ0n) is 14.1. The summed E-state index contributed by atoms with van der Waals surface area (Å²) in [7, 11) is 1.25. The number of hydrogen-bond acceptors (Lipinski definition) is 7. The Morgan fingerprint density at radius 1 is 1.29 bits per heavy atom. The van der Waals surface area contributed by atoms with Gasteiger partial charge in [0.15, 0.2) is 5.69 Å². The van der Waals surface area contributed by atoms with Gasteiger partial charge in [-0.05, 0) is 20.8 Å². The van der Waals surface area contributed by atoms with Crippen molar-refractivity contribution in [3.8, 4) is 0 Å². The molecule has 8 nitrogen and oxygen atoms in total. The molecule has 0 aromatic carbocycles. The number of aromatic nitrogens is 2. The van der Waals surface area contributed by atoms with Crippen LogP contribution in [0.2, 0.25) is 0 Å². The van der Waals surface area contributed by atoms with Crippen molar-refractivity contribution in [2.75, 3.05) is 25.1 Å². The van der Waals surface area contributed by atoms with Crippen LogP contribution in [-0.2, 0) is 9.47 Å². The maximum Gasteiger partial charge on any atom is 0.408 e. The van der Waals surface area contributed by atoms with Crippen LogP contribution in [0.5, 0.6) is 0 Å². The van der Waals surface area contributed by atoms with Gasteiger partial charge in [-0.25, -0.2) is 23.9 Å². The molecule has 1 aromatic rings. The molecule has 1 N–H and O–H groups in total. The number of rotatable bonds is 3. The number of alkyl halides is 1. The molecule has 0 aliphatic carbocycles. The normalized spacial score (nSPS) is 20.6. The van der Waals surface area contributed by atoms with E-state index < -0.39 is 29.9 Å². The number of carbonyl (C=O) groups excluding carboxylic acids is 2. The van der Waals surface area contributed by atoms with Crippen molar-refractivity contribution in [2.24, 2.45) is 0 Å². The Morgan fingerprint density at radius 3 is 2.54 bits per heavy atom. The zero-order chi connectivity index (χ0) is 17.9. The van der Waals surface area contributed by atoms with Crippen molar-refractivity contribution in [1.82, 2.24) is 15.3 Å². The first-order valence-corrected chi connectivity index (χ1v) is 7.48. The minimum Gasteiger partial charge on any atom is -0.464 e.